The van der Waals surface area contributed by atoms with Crippen molar-refractivity contribution in [1.82, 2.24) is 24.9 Å². The molecule has 1 aliphatic rings. The number of amides is 1. The number of anilines is 1. The van der Waals surface area contributed by atoms with Gasteiger partial charge in [-0.2, -0.15) is 10.2 Å². The van der Waals surface area contributed by atoms with Crippen molar-refractivity contribution in [1.29, 1.82) is 0 Å². The number of nitrogens with zero attached hydrogens (tertiary/aromatic N) is 6. The molecule has 0 aromatic carbocycles. The molecule has 0 aliphatic carbocycles. The first kappa shape index (κ1) is 17.9. The molecule has 1 aliphatic heterocycles. The van der Waals surface area contributed by atoms with Crippen molar-refractivity contribution in [3.63, 3.8) is 0 Å². The number of hydrogen-bond acceptors (Lipinski definition) is 6. The van der Waals surface area contributed by atoms with Crippen LogP contribution >= 0.6 is 0 Å². The first-order valence-corrected chi connectivity index (χ1v) is 8.56. The third-order valence-electron chi connectivity index (χ3n) is 4.78. The van der Waals surface area contributed by atoms with Crippen LogP contribution in [0, 0.1) is 23.0 Å². The molecule has 0 atom stereocenters. The Morgan fingerprint density at radius 3 is 2.65 bits per heavy atom. The maximum Gasteiger partial charge on any atom is 0.333 e. The number of piperidine rings is 1. The summed E-state index contributed by atoms with van der Waals surface area (Å²) in [6.45, 7) is 3.65. The minimum atomic E-state index is -0.363. The molecule has 2 aromatic rings. The average molecular weight is 361 g/mol. The Kier molecular flexibility index (Phi) is 4.92. The van der Waals surface area contributed by atoms with Crippen LogP contribution in [0.1, 0.15) is 28.9 Å². The zero-order valence-electron chi connectivity index (χ0n) is 15.2. The van der Waals surface area contributed by atoms with E-state index in [1.807, 2.05) is 4.90 Å². The minimum absolute atomic E-state index is 0.0795. The van der Waals surface area contributed by atoms with Crippen LogP contribution in [-0.4, -0.2) is 50.0 Å². The van der Waals surface area contributed by atoms with Gasteiger partial charge in [0.1, 0.15) is 5.69 Å². The van der Waals surface area contributed by atoms with Crippen molar-refractivity contribution in [2.75, 3.05) is 24.5 Å². The fraction of sp³-hybridized carbons (Fsp3) is 0.562. The summed E-state index contributed by atoms with van der Waals surface area (Å²) >= 11 is 0. The monoisotopic (exact) mass is 361 g/mol. The van der Waals surface area contributed by atoms with Gasteiger partial charge in [0.2, 0.25) is 5.82 Å². The van der Waals surface area contributed by atoms with Gasteiger partial charge in [-0.25, -0.2) is 4.68 Å². The Labute approximate surface area is 150 Å². The molecule has 3 heterocycles. The number of nitro groups is 1. The van der Waals surface area contributed by atoms with Gasteiger partial charge in [-0.05, 0) is 25.7 Å². The van der Waals surface area contributed by atoms with Crippen LogP contribution in [0.15, 0.2) is 12.4 Å². The van der Waals surface area contributed by atoms with Gasteiger partial charge < -0.3 is 10.2 Å². The van der Waals surface area contributed by atoms with Gasteiger partial charge >= 0.3 is 5.69 Å². The molecule has 1 fully saturated rings. The molecule has 26 heavy (non-hydrogen) atoms. The predicted molar refractivity (Wildman–Crippen MR) is 95.1 cm³/mol. The zero-order valence-corrected chi connectivity index (χ0v) is 15.2. The first-order valence-electron chi connectivity index (χ1n) is 8.56. The molecule has 140 valence electrons. The van der Waals surface area contributed by atoms with Crippen LogP contribution in [-0.2, 0) is 14.1 Å². The van der Waals surface area contributed by atoms with E-state index in [0.29, 0.717) is 42.6 Å². The molecule has 0 radical (unpaired) electrons. The number of aromatic nitrogens is 4. The smallest absolute Gasteiger partial charge is 0.333 e. The Morgan fingerprint density at radius 2 is 2.08 bits per heavy atom. The highest BCUT2D eigenvalue weighted by Gasteiger charge is 2.31. The normalized spacial score (nSPS) is 15.3. The highest BCUT2D eigenvalue weighted by atomic mass is 16.6. The Morgan fingerprint density at radius 1 is 1.38 bits per heavy atom. The summed E-state index contributed by atoms with van der Waals surface area (Å²) in [7, 11) is 3.50. The summed E-state index contributed by atoms with van der Waals surface area (Å²) < 4.78 is 3.17. The molecule has 0 saturated carbocycles. The Hall–Kier alpha value is -2.91. The van der Waals surface area contributed by atoms with Gasteiger partial charge in [0.05, 0.1) is 16.7 Å². The van der Waals surface area contributed by atoms with Crippen LogP contribution in [0.2, 0.25) is 0 Å². The van der Waals surface area contributed by atoms with Gasteiger partial charge in [0.15, 0.2) is 0 Å². The molecule has 2 aromatic heterocycles. The van der Waals surface area contributed by atoms with E-state index in [1.54, 1.807) is 42.8 Å². The lowest BCUT2D eigenvalue weighted by Crippen LogP contribution is -2.39. The molecule has 0 spiro atoms. The molecule has 1 saturated heterocycles. The lowest BCUT2D eigenvalue weighted by atomic mass is 9.96. The van der Waals surface area contributed by atoms with E-state index < -0.39 is 0 Å². The number of carbonyl (C=O) groups is 1. The fourth-order valence-electron chi connectivity index (χ4n) is 3.43. The molecule has 1 amide bonds. The molecule has 0 unspecified atom stereocenters. The van der Waals surface area contributed by atoms with Crippen LogP contribution < -0.4 is 10.2 Å². The topological polar surface area (TPSA) is 111 Å². The van der Waals surface area contributed by atoms with Crippen molar-refractivity contribution in [2.45, 2.75) is 19.8 Å². The second kappa shape index (κ2) is 7.14. The average Bonchev–Trinajstić information content (AvgIpc) is 3.16. The van der Waals surface area contributed by atoms with Gasteiger partial charge in [0.25, 0.3) is 5.91 Å². The number of rotatable bonds is 5. The molecule has 3 rings (SSSR count). The summed E-state index contributed by atoms with van der Waals surface area (Å²) in [5.74, 6) is 0.782. The second-order valence-corrected chi connectivity index (χ2v) is 6.68. The van der Waals surface area contributed by atoms with E-state index in [4.69, 9.17) is 0 Å². The van der Waals surface area contributed by atoms with Gasteiger partial charge in [-0.1, -0.05) is 0 Å². The van der Waals surface area contributed by atoms with Crippen molar-refractivity contribution >= 4 is 17.4 Å². The van der Waals surface area contributed by atoms with Crippen molar-refractivity contribution in [3.8, 4) is 0 Å². The van der Waals surface area contributed by atoms with E-state index in [9.17, 15) is 14.9 Å². The van der Waals surface area contributed by atoms with Crippen molar-refractivity contribution in [2.24, 2.45) is 20.0 Å². The third-order valence-corrected chi connectivity index (χ3v) is 4.78. The molecule has 10 nitrogen and oxygen atoms in total. The summed E-state index contributed by atoms with van der Waals surface area (Å²) in [6.07, 6.45) is 4.94. The lowest BCUT2D eigenvalue weighted by molar-refractivity contribution is -0.384. The molecule has 1 N–H and O–H groups in total. The fourth-order valence-corrected chi connectivity index (χ4v) is 3.43. The van der Waals surface area contributed by atoms with Crippen LogP contribution in [0.25, 0.3) is 0 Å². The highest BCUT2D eigenvalue weighted by molar-refractivity contribution is 5.93. The summed E-state index contributed by atoms with van der Waals surface area (Å²) in [5.41, 5.74) is 1.06. The van der Waals surface area contributed by atoms with Gasteiger partial charge in [-0.15, -0.1) is 0 Å². The molecular weight excluding hydrogens is 338 g/mol. The summed E-state index contributed by atoms with van der Waals surface area (Å²) in [5, 5.41) is 22.5. The number of aryl methyl sites for hydroxylation is 3. The number of nitrogens with one attached hydrogen (secondary N) is 1. The molecule has 0 bridgehead atoms. The van der Waals surface area contributed by atoms with Crippen LogP contribution in [0.4, 0.5) is 11.5 Å². The maximum absolute atomic E-state index is 12.1. The van der Waals surface area contributed by atoms with Crippen LogP contribution in [0.3, 0.4) is 0 Å². The molecule has 10 heteroatoms. The maximum atomic E-state index is 12.1. The summed E-state index contributed by atoms with van der Waals surface area (Å²) in [4.78, 5) is 25.1. The van der Waals surface area contributed by atoms with Gasteiger partial charge in [-0.3, -0.25) is 19.6 Å². The number of hydrogen-bond donors (Lipinski definition) is 1. The Balaban J connectivity index is 1.57. The van der Waals surface area contributed by atoms with Crippen molar-refractivity contribution < 1.29 is 9.72 Å². The third kappa shape index (κ3) is 3.53. The van der Waals surface area contributed by atoms with Crippen LogP contribution in [0.5, 0.6) is 0 Å². The van der Waals surface area contributed by atoms with E-state index >= 15 is 0 Å². The van der Waals surface area contributed by atoms with E-state index in [-0.39, 0.29) is 16.5 Å². The first-order chi connectivity index (χ1) is 12.4. The zero-order chi connectivity index (χ0) is 18.8. The Bertz CT molecular complexity index is 818. The van der Waals surface area contributed by atoms with E-state index in [0.717, 1.165) is 12.8 Å². The standard InChI is InChI=1S/C16H23N7O3/c1-11-14(23(25)26)16(21(3)19-11)22-6-4-12(5-7-22)8-17-15(24)13-9-18-20(2)10-13/h9-10,12H,4-8H2,1-3H3,(H,17,24). The van der Waals surface area contributed by atoms with E-state index in [2.05, 4.69) is 15.5 Å². The minimum Gasteiger partial charge on any atom is -0.352 e. The predicted octanol–water partition coefficient (Wildman–Crippen LogP) is 1.02. The highest BCUT2D eigenvalue weighted by Crippen LogP contribution is 2.33. The van der Waals surface area contributed by atoms with E-state index in [1.165, 1.54) is 0 Å². The van der Waals surface area contributed by atoms with Gasteiger partial charge in [0, 0.05) is 39.9 Å². The second-order valence-electron chi connectivity index (χ2n) is 6.68. The largest absolute Gasteiger partial charge is 0.352 e. The SMILES string of the molecule is Cc1nn(C)c(N2CCC(CNC(=O)c3cnn(C)c3)CC2)c1[N+](=O)[O-]. The summed E-state index contributed by atoms with van der Waals surface area (Å²) in [6, 6.07) is 0. The lowest BCUT2D eigenvalue weighted by Gasteiger charge is -2.32. The molecular formula is C16H23N7O3. The van der Waals surface area contributed by atoms with Crippen molar-refractivity contribution in [3.05, 3.63) is 33.8 Å². The quantitative estimate of drug-likeness (QED) is 0.629. The number of carbonyl (C=O) groups excluding carboxylic acids is 1.